The summed E-state index contributed by atoms with van der Waals surface area (Å²) >= 11 is 0. The number of hydroxylamine groups is 2. The van der Waals surface area contributed by atoms with Crippen molar-refractivity contribution < 1.29 is 19.6 Å². The molecule has 0 aliphatic heterocycles. The topological polar surface area (TPSA) is 106 Å². The second kappa shape index (κ2) is 9.68. The molecule has 0 aromatic heterocycles. The van der Waals surface area contributed by atoms with Gasteiger partial charge in [0, 0.05) is 19.1 Å². The Hall–Kier alpha value is -2.29. The number of aliphatic carboxylic acids is 1. The van der Waals surface area contributed by atoms with Crippen LogP contribution in [0.1, 0.15) is 46.7 Å². The van der Waals surface area contributed by atoms with Crippen LogP contribution in [0, 0.1) is 0 Å². The Morgan fingerprint density at radius 3 is 1.87 bits per heavy atom. The van der Waals surface area contributed by atoms with Crippen LogP contribution in [0.15, 0.2) is 36.4 Å². The van der Waals surface area contributed by atoms with Crippen LogP contribution < -0.4 is 16.7 Å². The molecule has 7 heteroatoms. The maximum Gasteiger partial charge on any atom is 0.318 e. The monoisotopic (exact) mass is 413 g/mol. The molecule has 0 heterocycles. The van der Waals surface area contributed by atoms with Crippen molar-refractivity contribution in [3.63, 3.8) is 0 Å². The Morgan fingerprint density at radius 1 is 1.03 bits per heavy atom. The van der Waals surface area contributed by atoms with Crippen LogP contribution in [0.4, 0.5) is 0 Å². The Kier molecular flexibility index (Phi) is 7.23. The van der Waals surface area contributed by atoms with Crippen LogP contribution in [0.2, 0.25) is 0 Å². The first-order valence-corrected chi connectivity index (χ1v) is 10.2. The van der Waals surface area contributed by atoms with E-state index in [-0.39, 0.29) is 6.04 Å². The Morgan fingerprint density at radius 2 is 1.50 bits per heavy atom. The minimum Gasteiger partial charge on any atom is -0.480 e. The van der Waals surface area contributed by atoms with Gasteiger partial charge in [-0.05, 0) is 59.6 Å². The van der Waals surface area contributed by atoms with Crippen LogP contribution >= 0.6 is 0 Å². The lowest BCUT2D eigenvalue weighted by atomic mass is 9.68. The fourth-order valence-electron chi connectivity index (χ4n) is 4.51. The van der Waals surface area contributed by atoms with Gasteiger partial charge in [0.2, 0.25) is 0 Å². The number of carboxylic acids is 1. The number of benzene rings is 2. The Labute approximate surface area is 177 Å². The van der Waals surface area contributed by atoms with Crippen LogP contribution in [0.5, 0.6) is 0 Å². The molecule has 162 valence electrons. The minimum absolute atomic E-state index is 0.274. The molecule has 2 aromatic carbocycles. The summed E-state index contributed by atoms with van der Waals surface area (Å²) in [6.45, 7) is 2.97. The zero-order valence-electron chi connectivity index (χ0n) is 17.8. The molecular formula is C23H31N3O4. The molecule has 2 aromatic rings. The number of carbonyl (C=O) groups is 1. The van der Waals surface area contributed by atoms with Crippen molar-refractivity contribution in [1.29, 1.82) is 0 Å². The number of fused-ring (bicyclic) bond motifs is 2. The van der Waals surface area contributed by atoms with Crippen LogP contribution in [0.25, 0.3) is 0 Å². The third-order valence-corrected chi connectivity index (χ3v) is 5.76. The molecule has 5 N–H and O–H groups in total. The first-order chi connectivity index (χ1) is 14.4. The molecule has 0 unspecified atom stereocenters. The van der Waals surface area contributed by atoms with E-state index in [2.05, 4.69) is 23.1 Å². The Balaban J connectivity index is 2.17. The van der Waals surface area contributed by atoms with Gasteiger partial charge in [-0.2, -0.15) is 11.0 Å². The number of hydrogen-bond acceptors (Lipinski definition) is 6. The maximum atomic E-state index is 12.9. The van der Waals surface area contributed by atoms with Gasteiger partial charge in [0.05, 0.1) is 14.2 Å². The minimum atomic E-state index is -1.18. The molecule has 0 saturated carbocycles. The number of carboxylic acid groups (broad SMARTS) is 1. The highest BCUT2D eigenvalue weighted by Gasteiger charge is 2.46. The summed E-state index contributed by atoms with van der Waals surface area (Å²) in [4.78, 5) is 22.8. The summed E-state index contributed by atoms with van der Waals surface area (Å²) < 4.78 is 0. The Bertz CT molecular complexity index is 839. The summed E-state index contributed by atoms with van der Waals surface area (Å²) in [5.41, 5.74) is 16.5. The second-order valence-corrected chi connectivity index (χ2v) is 7.93. The highest BCUT2D eigenvalue weighted by Crippen LogP contribution is 2.43. The second-order valence-electron chi connectivity index (χ2n) is 7.93. The lowest BCUT2D eigenvalue weighted by Crippen LogP contribution is -2.42. The summed E-state index contributed by atoms with van der Waals surface area (Å²) in [7, 11) is 3.16. The van der Waals surface area contributed by atoms with Crippen molar-refractivity contribution in [3.8, 4) is 0 Å². The number of aryl methyl sites for hydroxylation is 2. The number of nitrogens with one attached hydrogen (secondary N) is 2. The van der Waals surface area contributed by atoms with E-state index in [1.54, 1.807) is 14.2 Å². The van der Waals surface area contributed by atoms with E-state index in [4.69, 9.17) is 15.4 Å². The fraction of sp³-hybridized carbons (Fsp3) is 0.435. The molecule has 0 saturated heterocycles. The van der Waals surface area contributed by atoms with Crippen molar-refractivity contribution in [2.45, 2.75) is 50.7 Å². The maximum absolute atomic E-state index is 12.9. The lowest BCUT2D eigenvalue weighted by molar-refractivity contribution is -0.142. The van der Waals surface area contributed by atoms with E-state index in [1.807, 2.05) is 31.2 Å². The van der Waals surface area contributed by atoms with Gasteiger partial charge in [0.25, 0.3) is 0 Å². The average Bonchev–Trinajstić information content (AvgIpc) is 2.85. The highest BCUT2D eigenvalue weighted by atomic mass is 16.6. The SMILES string of the molecule is CONCc1ccc2c(c1)CCc1cc(CNOC)ccc1C2(C[C@H](C)N)C(=O)O. The van der Waals surface area contributed by atoms with Crippen molar-refractivity contribution in [2.75, 3.05) is 14.2 Å². The van der Waals surface area contributed by atoms with Gasteiger partial charge in [-0.25, -0.2) is 0 Å². The van der Waals surface area contributed by atoms with Crippen LogP contribution in [-0.4, -0.2) is 31.3 Å². The van der Waals surface area contributed by atoms with E-state index >= 15 is 0 Å². The first-order valence-electron chi connectivity index (χ1n) is 10.2. The fourth-order valence-corrected chi connectivity index (χ4v) is 4.51. The normalized spacial score (nSPS) is 15.7. The predicted octanol–water partition coefficient (Wildman–Crippen LogP) is 2.20. The number of rotatable bonds is 9. The van der Waals surface area contributed by atoms with Crippen LogP contribution in [-0.2, 0) is 45.8 Å². The smallest absolute Gasteiger partial charge is 0.318 e. The molecule has 1 aliphatic rings. The van der Waals surface area contributed by atoms with Crippen molar-refractivity contribution in [2.24, 2.45) is 5.73 Å². The zero-order valence-corrected chi connectivity index (χ0v) is 17.8. The third kappa shape index (κ3) is 4.40. The summed E-state index contributed by atoms with van der Waals surface area (Å²) in [6, 6.07) is 11.7. The lowest BCUT2D eigenvalue weighted by Gasteiger charge is -2.34. The van der Waals surface area contributed by atoms with Gasteiger partial charge in [-0.3, -0.25) is 4.79 Å². The van der Waals surface area contributed by atoms with E-state index in [1.165, 1.54) is 0 Å². The van der Waals surface area contributed by atoms with Gasteiger partial charge in [-0.1, -0.05) is 36.4 Å². The first kappa shape index (κ1) is 22.4. The third-order valence-electron chi connectivity index (χ3n) is 5.76. The molecular weight excluding hydrogens is 382 g/mol. The standard InChI is InChI=1S/C23H31N3O4/c1-15(24)12-23(22(27)28)20-8-4-16(13-25-29-2)10-18(20)6-7-19-11-17(14-26-30-3)5-9-21(19)23/h4-5,8-11,15,25-26H,6-7,12-14,24H2,1-3H3,(H,27,28)/t15-/m0/s1. The quantitative estimate of drug-likeness (QED) is 0.467. The molecule has 1 aliphatic carbocycles. The molecule has 0 bridgehead atoms. The average molecular weight is 414 g/mol. The molecule has 0 spiro atoms. The van der Waals surface area contributed by atoms with Crippen molar-refractivity contribution in [3.05, 3.63) is 69.8 Å². The van der Waals surface area contributed by atoms with Gasteiger partial charge >= 0.3 is 5.97 Å². The van der Waals surface area contributed by atoms with E-state index in [0.29, 0.717) is 19.5 Å². The summed E-state index contributed by atoms with van der Waals surface area (Å²) in [6.07, 6.45) is 1.85. The van der Waals surface area contributed by atoms with E-state index < -0.39 is 11.4 Å². The van der Waals surface area contributed by atoms with Crippen molar-refractivity contribution in [1.82, 2.24) is 11.0 Å². The molecule has 0 fully saturated rings. The van der Waals surface area contributed by atoms with Crippen molar-refractivity contribution >= 4 is 5.97 Å². The van der Waals surface area contributed by atoms with E-state index in [0.717, 1.165) is 46.2 Å². The van der Waals surface area contributed by atoms with Gasteiger partial charge in [0.15, 0.2) is 0 Å². The summed E-state index contributed by atoms with van der Waals surface area (Å²) in [5.74, 6) is -0.866. The number of hydrogen-bond donors (Lipinski definition) is 4. The van der Waals surface area contributed by atoms with Gasteiger partial charge in [0.1, 0.15) is 5.41 Å². The molecule has 30 heavy (non-hydrogen) atoms. The summed E-state index contributed by atoms with van der Waals surface area (Å²) in [5, 5.41) is 10.6. The van der Waals surface area contributed by atoms with Gasteiger partial charge in [-0.15, -0.1) is 0 Å². The largest absolute Gasteiger partial charge is 0.480 e. The molecule has 1 atom stereocenters. The van der Waals surface area contributed by atoms with E-state index in [9.17, 15) is 9.90 Å². The number of nitrogens with two attached hydrogens (primary N) is 1. The van der Waals surface area contributed by atoms with Gasteiger partial charge < -0.3 is 20.5 Å². The van der Waals surface area contributed by atoms with Crippen LogP contribution in [0.3, 0.4) is 0 Å². The molecule has 0 amide bonds. The molecule has 7 nitrogen and oxygen atoms in total. The molecule has 0 radical (unpaired) electrons. The predicted molar refractivity (Wildman–Crippen MR) is 115 cm³/mol. The molecule has 3 rings (SSSR count). The highest BCUT2D eigenvalue weighted by molar-refractivity contribution is 5.88. The zero-order chi connectivity index (χ0) is 21.7.